The maximum absolute atomic E-state index is 12.5. The van der Waals surface area contributed by atoms with Crippen molar-refractivity contribution in [3.63, 3.8) is 0 Å². The third-order valence-corrected chi connectivity index (χ3v) is 4.25. The number of amides is 1. The Morgan fingerprint density at radius 3 is 2.48 bits per heavy atom. The van der Waals surface area contributed by atoms with Gasteiger partial charge in [-0.3, -0.25) is 14.2 Å². The molecule has 1 aromatic heterocycles. The molecule has 3 rings (SSSR count). The Morgan fingerprint density at radius 1 is 1.13 bits per heavy atom. The number of methoxy groups -OCH3 is 1. The molecule has 1 N–H and O–H groups in total. The third-order valence-electron chi connectivity index (χ3n) is 4.25. The highest BCUT2D eigenvalue weighted by atomic mass is 19.4. The number of aromatic nitrogens is 2. The van der Waals surface area contributed by atoms with Crippen molar-refractivity contribution in [3.8, 4) is 22.8 Å². The van der Waals surface area contributed by atoms with Crippen LogP contribution in [0.3, 0.4) is 0 Å². The SMILES string of the molecule is COc1ccc(-c2cc(=O)n(CC(=O)NCc3ccccc3OC(F)(F)F)cn2)cc1. The second kappa shape index (κ2) is 9.33. The first-order chi connectivity index (χ1) is 14.7. The zero-order chi connectivity index (χ0) is 22.4. The first-order valence-corrected chi connectivity index (χ1v) is 9.06. The molecule has 0 unspecified atom stereocenters. The van der Waals surface area contributed by atoms with Gasteiger partial charge in [-0.25, -0.2) is 4.98 Å². The number of hydrogen-bond donors (Lipinski definition) is 1. The summed E-state index contributed by atoms with van der Waals surface area (Å²) in [5.41, 5.74) is 0.837. The Labute approximate surface area is 175 Å². The molecule has 0 radical (unpaired) electrons. The quantitative estimate of drug-likeness (QED) is 0.619. The fourth-order valence-electron chi connectivity index (χ4n) is 2.74. The lowest BCUT2D eigenvalue weighted by molar-refractivity contribution is -0.274. The predicted molar refractivity (Wildman–Crippen MR) is 105 cm³/mol. The van der Waals surface area contributed by atoms with Crippen molar-refractivity contribution in [2.75, 3.05) is 7.11 Å². The van der Waals surface area contributed by atoms with Gasteiger partial charge in [-0.1, -0.05) is 18.2 Å². The van der Waals surface area contributed by atoms with Crippen LogP contribution >= 0.6 is 0 Å². The Kier molecular flexibility index (Phi) is 6.58. The number of rotatable bonds is 7. The average molecular weight is 433 g/mol. The predicted octanol–water partition coefficient (Wildman–Crippen LogP) is 3.13. The number of ether oxygens (including phenoxy) is 2. The molecule has 162 valence electrons. The lowest BCUT2D eigenvalue weighted by Crippen LogP contribution is -2.32. The summed E-state index contributed by atoms with van der Waals surface area (Å²) in [7, 11) is 1.54. The van der Waals surface area contributed by atoms with Gasteiger partial charge in [-0.2, -0.15) is 0 Å². The van der Waals surface area contributed by atoms with Crippen molar-refractivity contribution in [1.29, 1.82) is 0 Å². The zero-order valence-corrected chi connectivity index (χ0v) is 16.3. The van der Waals surface area contributed by atoms with Crippen molar-refractivity contribution < 1.29 is 27.4 Å². The second-order valence-corrected chi connectivity index (χ2v) is 6.40. The molecule has 31 heavy (non-hydrogen) atoms. The Morgan fingerprint density at radius 2 is 1.84 bits per heavy atom. The largest absolute Gasteiger partial charge is 0.573 e. The first kappa shape index (κ1) is 21.9. The Bertz CT molecular complexity index is 1110. The fourth-order valence-corrected chi connectivity index (χ4v) is 2.74. The van der Waals surface area contributed by atoms with Crippen LogP contribution in [-0.2, 0) is 17.9 Å². The number of nitrogens with zero attached hydrogens (tertiary/aromatic N) is 2. The minimum atomic E-state index is -4.84. The normalized spacial score (nSPS) is 11.1. The summed E-state index contributed by atoms with van der Waals surface area (Å²) in [6, 6.07) is 13.7. The van der Waals surface area contributed by atoms with Crippen LogP contribution in [0.2, 0.25) is 0 Å². The van der Waals surface area contributed by atoms with Crippen molar-refractivity contribution in [3.05, 3.63) is 76.8 Å². The van der Waals surface area contributed by atoms with Crippen molar-refractivity contribution in [2.45, 2.75) is 19.5 Å². The molecule has 0 aliphatic rings. The molecule has 0 aliphatic heterocycles. The average Bonchev–Trinajstić information content (AvgIpc) is 2.73. The molecule has 1 amide bonds. The Balaban J connectivity index is 1.64. The van der Waals surface area contributed by atoms with Crippen LogP contribution in [0.5, 0.6) is 11.5 Å². The van der Waals surface area contributed by atoms with E-state index in [-0.39, 0.29) is 18.7 Å². The zero-order valence-electron chi connectivity index (χ0n) is 16.3. The third kappa shape index (κ3) is 6.08. The van der Waals surface area contributed by atoms with Gasteiger partial charge in [-0.15, -0.1) is 13.2 Å². The molecule has 3 aromatic rings. The van der Waals surface area contributed by atoms with Crippen molar-refractivity contribution >= 4 is 5.91 Å². The summed E-state index contributed by atoms with van der Waals surface area (Å²) in [5, 5.41) is 2.47. The van der Waals surface area contributed by atoms with Crippen LogP contribution in [0.1, 0.15) is 5.56 Å². The van der Waals surface area contributed by atoms with E-state index in [1.165, 1.54) is 30.6 Å². The molecular formula is C21H18F3N3O4. The van der Waals surface area contributed by atoms with Gasteiger partial charge in [0.05, 0.1) is 19.1 Å². The maximum atomic E-state index is 12.5. The van der Waals surface area contributed by atoms with Gasteiger partial charge in [-0.05, 0) is 30.3 Å². The van der Waals surface area contributed by atoms with E-state index in [2.05, 4.69) is 15.0 Å². The number of benzene rings is 2. The van der Waals surface area contributed by atoms with E-state index in [1.807, 2.05) is 0 Å². The van der Waals surface area contributed by atoms with Crippen molar-refractivity contribution in [1.82, 2.24) is 14.9 Å². The molecule has 0 saturated heterocycles. The first-order valence-electron chi connectivity index (χ1n) is 9.06. The number of nitrogens with one attached hydrogen (secondary N) is 1. The molecular weight excluding hydrogens is 415 g/mol. The van der Waals surface area contributed by atoms with Gasteiger partial charge in [0.1, 0.15) is 18.0 Å². The molecule has 10 heteroatoms. The van der Waals surface area contributed by atoms with E-state index in [1.54, 1.807) is 31.4 Å². The smallest absolute Gasteiger partial charge is 0.497 e. The van der Waals surface area contributed by atoms with E-state index in [4.69, 9.17) is 4.74 Å². The van der Waals surface area contributed by atoms with Crippen LogP contribution in [-0.4, -0.2) is 28.9 Å². The maximum Gasteiger partial charge on any atom is 0.573 e. The summed E-state index contributed by atoms with van der Waals surface area (Å²) >= 11 is 0. The van der Waals surface area contributed by atoms with Crippen LogP contribution in [0.25, 0.3) is 11.3 Å². The number of para-hydroxylation sites is 1. The van der Waals surface area contributed by atoms with E-state index >= 15 is 0 Å². The van der Waals surface area contributed by atoms with Gasteiger partial charge < -0.3 is 14.8 Å². The van der Waals surface area contributed by atoms with Gasteiger partial charge in [0.15, 0.2) is 0 Å². The van der Waals surface area contributed by atoms with Gasteiger partial charge in [0, 0.05) is 23.7 Å². The highest BCUT2D eigenvalue weighted by Crippen LogP contribution is 2.26. The molecule has 0 saturated carbocycles. The summed E-state index contributed by atoms with van der Waals surface area (Å²) in [4.78, 5) is 28.7. The van der Waals surface area contributed by atoms with Crippen LogP contribution < -0.4 is 20.3 Å². The lowest BCUT2D eigenvalue weighted by Gasteiger charge is -2.14. The molecule has 0 atom stereocenters. The number of halogens is 3. The number of carbonyl (C=O) groups excluding carboxylic acids is 1. The van der Waals surface area contributed by atoms with E-state index in [0.29, 0.717) is 17.0 Å². The van der Waals surface area contributed by atoms with Gasteiger partial charge >= 0.3 is 6.36 Å². The second-order valence-electron chi connectivity index (χ2n) is 6.40. The van der Waals surface area contributed by atoms with E-state index in [0.717, 1.165) is 10.6 Å². The topological polar surface area (TPSA) is 82.5 Å². The number of hydrogen-bond acceptors (Lipinski definition) is 5. The van der Waals surface area contributed by atoms with Gasteiger partial charge in [0.25, 0.3) is 5.56 Å². The summed E-state index contributed by atoms with van der Waals surface area (Å²) in [5.74, 6) is -0.308. The highest BCUT2D eigenvalue weighted by Gasteiger charge is 2.32. The minimum absolute atomic E-state index is 0.147. The molecule has 0 bridgehead atoms. The summed E-state index contributed by atoms with van der Waals surface area (Å²) < 4.78 is 47.6. The van der Waals surface area contributed by atoms with Crippen LogP contribution in [0.15, 0.2) is 65.7 Å². The monoisotopic (exact) mass is 433 g/mol. The standard InChI is InChI=1S/C21H18F3N3O4/c1-30-16-8-6-14(7-9-16)17-10-20(29)27(13-26-17)12-19(28)25-11-15-4-2-3-5-18(15)31-21(22,23)24/h2-10,13H,11-12H2,1H3,(H,25,28). The number of carbonyl (C=O) groups is 1. The fraction of sp³-hybridized carbons (Fsp3) is 0.190. The summed E-state index contributed by atoms with van der Waals surface area (Å²) in [6.45, 7) is -0.534. The highest BCUT2D eigenvalue weighted by molar-refractivity contribution is 5.75. The Hall–Kier alpha value is -3.82. The van der Waals surface area contributed by atoms with Crippen LogP contribution in [0.4, 0.5) is 13.2 Å². The van der Waals surface area contributed by atoms with Crippen LogP contribution in [0, 0.1) is 0 Å². The van der Waals surface area contributed by atoms with E-state index < -0.39 is 23.6 Å². The molecule has 0 spiro atoms. The minimum Gasteiger partial charge on any atom is -0.497 e. The van der Waals surface area contributed by atoms with Gasteiger partial charge in [0.2, 0.25) is 5.91 Å². The van der Waals surface area contributed by atoms with E-state index in [9.17, 15) is 22.8 Å². The molecule has 0 fully saturated rings. The lowest BCUT2D eigenvalue weighted by atomic mass is 10.1. The number of alkyl halides is 3. The molecule has 1 heterocycles. The molecule has 0 aliphatic carbocycles. The van der Waals surface area contributed by atoms with Crippen molar-refractivity contribution in [2.24, 2.45) is 0 Å². The molecule has 2 aromatic carbocycles. The molecule has 7 nitrogen and oxygen atoms in total. The summed E-state index contributed by atoms with van der Waals surface area (Å²) in [6.07, 6.45) is -3.60.